The van der Waals surface area contributed by atoms with E-state index in [-0.39, 0.29) is 5.54 Å². The maximum Gasteiger partial charge on any atom is 0.0782 e. The van der Waals surface area contributed by atoms with Crippen molar-refractivity contribution in [2.45, 2.75) is 31.8 Å². The molecule has 0 amide bonds. The third-order valence-corrected chi connectivity index (χ3v) is 2.88. The van der Waals surface area contributed by atoms with E-state index in [0.29, 0.717) is 6.04 Å². The van der Waals surface area contributed by atoms with E-state index >= 15 is 0 Å². The van der Waals surface area contributed by atoms with E-state index in [1.54, 1.807) is 0 Å². The largest absolute Gasteiger partial charge is 0.377 e. The molecule has 0 bridgehead atoms. The Kier molecular flexibility index (Phi) is 2.58. The molecule has 2 fully saturated rings. The second-order valence-electron chi connectivity index (χ2n) is 4.87. The molecule has 76 valence electrons. The third kappa shape index (κ3) is 2.03. The Balaban J connectivity index is 1.85. The number of ether oxygens (including phenoxy) is 1. The Hall–Kier alpha value is -0.120. The summed E-state index contributed by atoms with van der Waals surface area (Å²) in [7, 11) is 0. The average molecular weight is 184 g/mol. The maximum absolute atomic E-state index is 5.27. The molecule has 0 radical (unpaired) electrons. The van der Waals surface area contributed by atoms with Gasteiger partial charge in [0.1, 0.15) is 0 Å². The van der Waals surface area contributed by atoms with Crippen LogP contribution in [0, 0.1) is 5.92 Å². The van der Waals surface area contributed by atoms with E-state index in [9.17, 15) is 0 Å². The molecule has 0 aliphatic carbocycles. The van der Waals surface area contributed by atoms with Gasteiger partial charge in [-0.15, -0.1) is 0 Å². The molecule has 13 heavy (non-hydrogen) atoms. The fourth-order valence-corrected chi connectivity index (χ4v) is 2.27. The molecule has 2 heterocycles. The van der Waals surface area contributed by atoms with Crippen LogP contribution in [0.15, 0.2) is 0 Å². The zero-order valence-corrected chi connectivity index (χ0v) is 8.60. The van der Waals surface area contributed by atoms with Gasteiger partial charge in [-0.25, -0.2) is 0 Å². The molecule has 1 atom stereocenters. The Labute approximate surface area is 80.2 Å². The van der Waals surface area contributed by atoms with Gasteiger partial charge in [-0.05, 0) is 12.3 Å². The smallest absolute Gasteiger partial charge is 0.0782 e. The standard InChI is InChI=1S/C10H20N2O/c1-8(2)3-9-4-11-5-10(12-9)6-13-7-10/h8-9,11-12H,3-7H2,1-2H3/t9-/m0/s1. The first-order chi connectivity index (χ1) is 6.20. The lowest BCUT2D eigenvalue weighted by molar-refractivity contribution is -0.0874. The third-order valence-electron chi connectivity index (χ3n) is 2.88. The lowest BCUT2D eigenvalue weighted by atomic mass is 9.91. The van der Waals surface area contributed by atoms with Gasteiger partial charge in [0.05, 0.1) is 18.8 Å². The number of hydrogen-bond donors (Lipinski definition) is 2. The van der Waals surface area contributed by atoms with Crippen molar-refractivity contribution >= 4 is 0 Å². The lowest BCUT2D eigenvalue weighted by Gasteiger charge is -2.48. The molecule has 2 aliphatic heterocycles. The van der Waals surface area contributed by atoms with Crippen LogP contribution in [0.1, 0.15) is 20.3 Å². The van der Waals surface area contributed by atoms with Crippen LogP contribution in [-0.2, 0) is 4.74 Å². The molecule has 2 aliphatic rings. The summed E-state index contributed by atoms with van der Waals surface area (Å²) in [6, 6.07) is 0.637. The van der Waals surface area contributed by atoms with Crippen LogP contribution in [-0.4, -0.2) is 37.9 Å². The predicted octanol–water partition coefficient (Wildman–Crippen LogP) is 0.363. The fraction of sp³-hybridized carbons (Fsp3) is 1.00. The zero-order valence-electron chi connectivity index (χ0n) is 8.60. The van der Waals surface area contributed by atoms with Crippen molar-refractivity contribution in [2.75, 3.05) is 26.3 Å². The monoisotopic (exact) mass is 184 g/mol. The number of rotatable bonds is 2. The minimum atomic E-state index is 0.276. The Morgan fingerprint density at radius 3 is 2.77 bits per heavy atom. The molecule has 0 aromatic carbocycles. The average Bonchev–Trinajstić information content (AvgIpc) is 2.01. The van der Waals surface area contributed by atoms with E-state index in [1.807, 2.05) is 0 Å². The Bertz CT molecular complexity index is 178. The van der Waals surface area contributed by atoms with E-state index < -0.39 is 0 Å². The molecule has 2 rings (SSSR count). The Morgan fingerprint density at radius 2 is 2.23 bits per heavy atom. The molecule has 3 heteroatoms. The van der Waals surface area contributed by atoms with Gasteiger partial charge >= 0.3 is 0 Å². The molecule has 3 nitrogen and oxygen atoms in total. The maximum atomic E-state index is 5.27. The van der Waals surface area contributed by atoms with Gasteiger partial charge in [0.25, 0.3) is 0 Å². The molecule has 2 N–H and O–H groups in total. The summed E-state index contributed by atoms with van der Waals surface area (Å²) in [4.78, 5) is 0. The molecule has 0 aromatic rings. The molecular weight excluding hydrogens is 164 g/mol. The summed E-state index contributed by atoms with van der Waals surface area (Å²) in [5.41, 5.74) is 0.276. The molecular formula is C10H20N2O. The van der Waals surface area contributed by atoms with E-state index in [2.05, 4.69) is 24.5 Å². The minimum absolute atomic E-state index is 0.276. The lowest BCUT2D eigenvalue weighted by Crippen LogP contribution is -2.72. The molecule has 0 unspecified atom stereocenters. The van der Waals surface area contributed by atoms with E-state index in [0.717, 1.165) is 32.2 Å². The number of nitrogens with one attached hydrogen (secondary N) is 2. The van der Waals surface area contributed by atoms with Gasteiger partial charge < -0.3 is 15.4 Å². The SMILES string of the molecule is CC(C)C[C@H]1CNCC2(COC2)N1. The fourth-order valence-electron chi connectivity index (χ4n) is 2.27. The van der Waals surface area contributed by atoms with Crippen molar-refractivity contribution in [1.29, 1.82) is 0 Å². The second kappa shape index (κ2) is 3.56. The topological polar surface area (TPSA) is 33.3 Å². The van der Waals surface area contributed by atoms with Crippen molar-refractivity contribution in [3.8, 4) is 0 Å². The van der Waals surface area contributed by atoms with Crippen molar-refractivity contribution in [3.63, 3.8) is 0 Å². The van der Waals surface area contributed by atoms with Gasteiger partial charge in [0.15, 0.2) is 0 Å². The van der Waals surface area contributed by atoms with Crippen LogP contribution in [0.5, 0.6) is 0 Å². The first-order valence-electron chi connectivity index (χ1n) is 5.26. The second-order valence-corrected chi connectivity index (χ2v) is 4.87. The summed E-state index contributed by atoms with van der Waals surface area (Å²) in [6.07, 6.45) is 1.26. The molecule has 0 aromatic heterocycles. The van der Waals surface area contributed by atoms with Crippen LogP contribution in [0.2, 0.25) is 0 Å². The first-order valence-corrected chi connectivity index (χ1v) is 5.26. The van der Waals surface area contributed by atoms with Crippen LogP contribution >= 0.6 is 0 Å². The number of piperazine rings is 1. The minimum Gasteiger partial charge on any atom is -0.377 e. The summed E-state index contributed by atoms with van der Waals surface area (Å²) in [5, 5.41) is 7.20. The zero-order chi connectivity index (χ0) is 9.31. The van der Waals surface area contributed by atoms with Gasteiger partial charge in [0, 0.05) is 19.1 Å². The van der Waals surface area contributed by atoms with Gasteiger partial charge in [-0.3, -0.25) is 0 Å². The van der Waals surface area contributed by atoms with Crippen LogP contribution in [0.25, 0.3) is 0 Å². The van der Waals surface area contributed by atoms with E-state index in [1.165, 1.54) is 6.42 Å². The highest BCUT2D eigenvalue weighted by atomic mass is 16.5. The van der Waals surface area contributed by atoms with Crippen LogP contribution < -0.4 is 10.6 Å². The molecule has 2 saturated heterocycles. The summed E-state index contributed by atoms with van der Waals surface area (Å²) >= 11 is 0. The van der Waals surface area contributed by atoms with Crippen molar-refractivity contribution in [3.05, 3.63) is 0 Å². The quantitative estimate of drug-likeness (QED) is 0.650. The predicted molar refractivity (Wildman–Crippen MR) is 52.8 cm³/mol. The highest BCUT2D eigenvalue weighted by Crippen LogP contribution is 2.21. The van der Waals surface area contributed by atoms with Crippen molar-refractivity contribution in [1.82, 2.24) is 10.6 Å². The van der Waals surface area contributed by atoms with Gasteiger partial charge in [0.2, 0.25) is 0 Å². The van der Waals surface area contributed by atoms with Gasteiger partial charge in [-0.2, -0.15) is 0 Å². The van der Waals surface area contributed by atoms with E-state index in [4.69, 9.17) is 4.74 Å². The normalized spacial score (nSPS) is 32.1. The summed E-state index contributed by atoms with van der Waals surface area (Å²) in [6.45, 7) is 8.51. The molecule has 0 saturated carbocycles. The van der Waals surface area contributed by atoms with Gasteiger partial charge in [-0.1, -0.05) is 13.8 Å². The summed E-state index contributed by atoms with van der Waals surface area (Å²) in [5.74, 6) is 0.774. The van der Waals surface area contributed by atoms with Crippen LogP contribution in [0.3, 0.4) is 0 Å². The van der Waals surface area contributed by atoms with Crippen molar-refractivity contribution < 1.29 is 4.74 Å². The summed E-state index contributed by atoms with van der Waals surface area (Å²) < 4.78 is 5.27. The molecule has 1 spiro atoms. The first kappa shape index (κ1) is 9.44. The number of hydrogen-bond acceptors (Lipinski definition) is 3. The highest BCUT2D eigenvalue weighted by molar-refractivity contribution is 5.02. The van der Waals surface area contributed by atoms with Crippen LogP contribution in [0.4, 0.5) is 0 Å². The Morgan fingerprint density at radius 1 is 1.46 bits per heavy atom. The van der Waals surface area contributed by atoms with Crippen molar-refractivity contribution in [2.24, 2.45) is 5.92 Å². The highest BCUT2D eigenvalue weighted by Gasteiger charge is 2.42.